The maximum atomic E-state index is 10.2. The first-order valence-electron chi connectivity index (χ1n) is 1.97. The average Bonchev–Trinajstić information content (AvgIpc) is 1.83. The van der Waals surface area contributed by atoms with Gasteiger partial charge in [0, 0.05) is 11.8 Å². The zero-order chi connectivity index (χ0) is 6.41. The predicted molar refractivity (Wildman–Crippen MR) is 33.4 cm³/mol. The van der Waals surface area contributed by atoms with Crippen LogP contribution in [-0.4, -0.2) is 12.4 Å². The minimum atomic E-state index is -0.362. The fourth-order valence-electron chi connectivity index (χ4n) is 0.134. The molecule has 0 rings (SSSR count). The summed E-state index contributed by atoms with van der Waals surface area (Å²) in [4.78, 5) is 10.2. The van der Waals surface area contributed by atoms with Crippen LogP contribution in [-0.2, 0) is 4.74 Å². The monoisotopic (exact) mass is 130 g/mol. The Morgan fingerprint density at radius 3 is 2.75 bits per heavy atom. The summed E-state index contributed by atoms with van der Waals surface area (Å²) in [5, 5.41) is 2.13. The van der Waals surface area contributed by atoms with Crippen LogP contribution in [0.25, 0.3) is 0 Å². The van der Waals surface area contributed by atoms with E-state index in [1.807, 2.05) is 0 Å². The second-order valence-electron chi connectivity index (χ2n) is 0.908. The summed E-state index contributed by atoms with van der Waals surface area (Å²) in [6.07, 6.45) is 0. The molecule has 0 bridgehead atoms. The zero-order valence-corrected chi connectivity index (χ0v) is 5.54. The third-order valence-electron chi connectivity index (χ3n) is 0.403. The van der Waals surface area contributed by atoms with Gasteiger partial charge in [0.15, 0.2) is 0 Å². The molecule has 3 heteroatoms. The van der Waals surface area contributed by atoms with Gasteiger partial charge in [-0.2, -0.15) is 0 Å². The molecule has 0 aliphatic rings. The van der Waals surface area contributed by atoms with Gasteiger partial charge in [-0.25, -0.2) is 4.79 Å². The van der Waals surface area contributed by atoms with Gasteiger partial charge in [0.05, 0.1) is 7.11 Å². The Morgan fingerprint density at radius 2 is 2.38 bits per heavy atom. The molecule has 0 radical (unpaired) electrons. The average molecular weight is 130 g/mol. The molecule has 0 amide bonds. The lowest BCUT2D eigenvalue weighted by atomic mass is 10.9. The summed E-state index contributed by atoms with van der Waals surface area (Å²) in [6.45, 7) is 1.66. The lowest BCUT2D eigenvalue weighted by molar-refractivity contribution is 0.200. The highest BCUT2D eigenvalue weighted by molar-refractivity contribution is 8.17. The van der Waals surface area contributed by atoms with Crippen LogP contribution in [0.4, 0.5) is 4.79 Å². The van der Waals surface area contributed by atoms with Crippen molar-refractivity contribution in [3.8, 4) is 11.2 Å². The molecule has 0 saturated carbocycles. The second-order valence-corrected chi connectivity index (χ2v) is 1.65. The van der Waals surface area contributed by atoms with Crippen molar-refractivity contribution in [2.24, 2.45) is 0 Å². The number of carbonyl (C=O) groups excluding carboxylic acids is 1. The van der Waals surface area contributed by atoms with E-state index in [4.69, 9.17) is 0 Å². The van der Waals surface area contributed by atoms with Gasteiger partial charge in [-0.3, -0.25) is 0 Å². The molecule has 0 unspecified atom stereocenters. The van der Waals surface area contributed by atoms with Crippen molar-refractivity contribution in [1.29, 1.82) is 0 Å². The molecule has 0 aliphatic heterocycles. The van der Waals surface area contributed by atoms with Gasteiger partial charge in [0.2, 0.25) is 0 Å². The molecule has 8 heavy (non-hydrogen) atoms. The quantitative estimate of drug-likeness (QED) is 0.367. The Kier molecular flexibility index (Phi) is 4.19. The molecule has 0 aromatic heterocycles. The van der Waals surface area contributed by atoms with Gasteiger partial charge in [-0.15, -0.1) is 0 Å². The standard InChI is InChI=1S/C5H6O2S/c1-3-4-8-5(6)7-2/h1-2H3. The van der Waals surface area contributed by atoms with Crippen LogP contribution in [0, 0.1) is 11.2 Å². The third-order valence-corrected chi connectivity index (χ3v) is 1.04. The largest absolute Gasteiger partial charge is 0.460 e. The predicted octanol–water partition coefficient (Wildman–Crippen LogP) is 1.47. The van der Waals surface area contributed by atoms with E-state index >= 15 is 0 Å². The summed E-state index contributed by atoms with van der Waals surface area (Å²) in [7, 11) is 1.33. The van der Waals surface area contributed by atoms with Crippen LogP contribution in [0.2, 0.25) is 0 Å². The van der Waals surface area contributed by atoms with Crippen LogP contribution in [0.1, 0.15) is 6.92 Å². The summed E-state index contributed by atoms with van der Waals surface area (Å²) in [6, 6.07) is 0. The fourth-order valence-corrected chi connectivity index (χ4v) is 0.403. The van der Waals surface area contributed by atoms with E-state index in [2.05, 4.69) is 15.9 Å². The van der Waals surface area contributed by atoms with Gasteiger partial charge in [-0.1, -0.05) is 5.92 Å². The summed E-state index contributed by atoms with van der Waals surface area (Å²) >= 11 is 0.854. The van der Waals surface area contributed by atoms with Gasteiger partial charge in [0.1, 0.15) is 0 Å². The first kappa shape index (κ1) is 7.38. The number of carbonyl (C=O) groups is 1. The van der Waals surface area contributed by atoms with Crippen molar-refractivity contribution < 1.29 is 9.53 Å². The van der Waals surface area contributed by atoms with E-state index in [1.165, 1.54) is 7.11 Å². The molecule has 0 spiro atoms. The lowest BCUT2D eigenvalue weighted by Crippen LogP contribution is -1.86. The molecule has 0 fully saturated rings. The van der Waals surface area contributed by atoms with Gasteiger partial charge >= 0.3 is 5.30 Å². The first-order chi connectivity index (χ1) is 3.81. The SMILES string of the molecule is CC#CSC(=O)OC. The third kappa shape index (κ3) is 3.57. The molecule has 44 valence electrons. The van der Waals surface area contributed by atoms with Crippen molar-refractivity contribution in [2.75, 3.05) is 7.11 Å². The molecule has 0 N–H and O–H groups in total. The summed E-state index contributed by atoms with van der Waals surface area (Å²) in [5.74, 6) is 2.55. The van der Waals surface area contributed by atoms with Gasteiger partial charge < -0.3 is 4.74 Å². The van der Waals surface area contributed by atoms with Crippen molar-refractivity contribution in [3.05, 3.63) is 0 Å². The summed E-state index contributed by atoms with van der Waals surface area (Å²) < 4.78 is 4.27. The number of ether oxygens (including phenoxy) is 1. The van der Waals surface area contributed by atoms with Crippen LogP contribution in [0.3, 0.4) is 0 Å². The number of thioether (sulfide) groups is 1. The van der Waals surface area contributed by atoms with E-state index < -0.39 is 0 Å². The first-order valence-corrected chi connectivity index (χ1v) is 2.79. The van der Waals surface area contributed by atoms with E-state index in [-0.39, 0.29) is 5.30 Å². The smallest absolute Gasteiger partial charge is 0.379 e. The van der Waals surface area contributed by atoms with E-state index in [1.54, 1.807) is 6.92 Å². The normalized spacial score (nSPS) is 6.75. The van der Waals surface area contributed by atoms with Gasteiger partial charge in [0.25, 0.3) is 0 Å². The molecule has 0 aromatic carbocycles. The van der Waals surface area contributed by atoms with Crippen LogP contribution >= 0.6 is 11.8 Å². The molecule has 0 aromatic rings. The Morgan fingerprint density at radius 1 is 1.75 bits per heavy atom. The topological polar surface area (TPSA) is 26.3 Å². The van der Waals surface area contributed by atoms with E-state index in [9.17, 15) is 4.79 Å². The van der Waals surface area contributed by atoms with E-state index in [0.717, 1.165) is 11.8 Å². The molecule has 0 aliphatic carbocycles. The van der Waals surface area contributed by atoms with E-state index in [0.29, 0.717) is 0 Å². The summed E-state index contributed by atoms with van der Waals surface area (Å²) in [5.41, 5.74) is 0. The Bertz CT molecular complexity index is 131. The Labute approximate surface area is 52.6 Å². The highest BCUT2D eigenvalue weighted by Crippen LogP contribution is 1.99. The maximum Gasteiger partial charge on any atom is 0.379 e. The Hall–Kier alpha value is -0.620. The van der Waals surface area contributed by atoms with Crippen LogP contribution < -0.4 is 0 Å². The highest BCUT2D eigenvalue weighted by atomic mass is 32.2. The second kappa shape index (κ2) is 4.54. The zero-order valence-electron chi connectivity index (χ0n) is 4.72. The molecule has 2 nitrogen and oxygen atoms in total. The fraction of sp³-hybridized carbons (Fsp3) is 0.400. The van der Waals surface area contributed by atoms with Gasteiger partial charge in [-0.05, 0) is 12.2 Å². The Balaban J connectivity index is 3.35. The van der Waals surface area contributed by atoms with Crippen molar-refractivity contribution in [2.45, 2.75) is 6.92 Å². The number of rotatable bonds is 0. The minimum Gasteiger partial charge on any atom is -0.460 e. The maximum absolute atomic E-state index is 10.2. The van der Waals surface area contributed by atoms with Crippen LogP contribution in [0.5, 0.6) is 0 Å². The molecular weight excluding hydrogens is 124 g/mol. The van der Waals surface area contributed by atoms with Crippen molar-refractivity contribution in [1.82, 2.24) is 0 Å². The number of methoxy groups -OCH3 is 1. The molecule has 0 saturated heterocycles. The molecular formula is C5H6O2S. The molecule has 0 heterocycles. The minimum absolute atomic E-state index is 0.362. The lowest BCUT2D eigenvalue weighted by Gasteiger charge is -1.86. The number of hydrogen-bond acceptors (Lipinski definition) is 3. The van der Waals surface area contributed by atoms with Crippen molar-refractivity contribution >= 4 is 17.1 Å². The number of hydrogen-bond donors (Lipinski definition) is 0. The molecule has 0 atom stereocenters. The highest BCUT2D eigenvalue weighted by Gasteiger charge is 1.93. The van der Waals surface area contributed by atoms with Crippen molar-refractivity contribution in [3.63, 3.8) is 0 Å². The van der Waals surface area contributed by atoms with Crippen LogP contribution in [0.15, 0.2) is 0 Å².